The molecule has 1 unspecified atom stereocenters. The Bertz CT molecular complexity index is 192. The summed E-state index contributed by atoms with van der Waals surface area (Å²) in [5.74, 6) is -5.31. The van der Waals surface area contributed by atoms with Gasteiger partial charge in [-0.25, -0.2) is 0 Å². The second-order valence-electron chi connectivity index (χ2n) is 2.84. The molecule has 0 aromatic carbocycles. The van der Waals surface area contributed by atoms with Gasteiger partial charge in [0.1, 0.15) is 5.92 Å². The van der Waals surface area contributed by atoms with Gasteiger partial charge in [0, 0.05) is 6.54 Å². The van der Waals surface area contributed by atoms with E-state index < -0.39 is 17.8 Å². The number of piperidine rings is 1. The van der Waals surface area contributed by atoms with Crippen molar-refractivity contribution in [1.29, 1.82) is 0 Å². The van der Waals surface area contributed by atoms with Gasteiger partial charge in [-0.2, -0.15) is 0 Å². The number of carboxylic acid groups (broad SMARTS) is 1. The van der Waals surface area contributed by atoms with Crippen molar-refractivity contribution in [3.8, 4) is 0 Å². The van der Waals surface area contributed by atoms with Crippen LogP contribution in [0.25, 0.3) is 0 Å². The second-order valence-corrected chi connectivity index (χ2v) is 2.84. The van der Waals surface area contributed by atoms with E-state index in [4.69, 9.17) is 20.5 Å². The highest BCUT2D eigenvalue weighted by Gasteiger charge is 2.47. The number of aliphatic carboxylic acids is 1. The van der Waals surface area contributed by atoms with Crippen molar-refractivity contribution in [2.45, 2.75) is 18.8 Å². The molecule has 1 aliphatic rings. The Hall–Kier alpha value is -0.690. The van der Waals surface area contributed by atoms with Crippen LogP contribution in [-0.2, 0) is 4.79 Å². The van der Waals surface area contributed by atoms with Crippen LogP contribution in [0.2, 0.25) is 0 Å². The van der Waals surface area contributed by atoms with Crippen molar-refractivity contribution in [2.75, 3.05) is 6.54 Å². The molecule has 0 amide bonds. The Morgan fingerprint density at radius 2 is 2.08 bits per heavy atom. The number of carboxylic acids is 1. The summed E-state index contributed by atoms with van der Waals surface area (Å²) in [6.07, 6.45) is 0.579. The van der Waals surface area contributed by atoms with Gasteiger partial charge in [-0.15, -0.1) is 5.06 Å². The van der Waals surface area contributed by atoms with E-state index in [9.17, 15) is 4.79 Å². The van der Waals surface area contributed by atoms with E-state index in [-0.39, 0.29) is 18.0 Å². The van der Waals surface area contributed by atoms with Crippen molar-refractivity contribution in [3.63, 3.8) is 0 Å². The van der Waals surface area contributed by atoms with Crippen molar-refractivity contribution < 1.29 is 25.3 Å². The fourth-order valence-corrected chi connectivity index (χ4v) is 1.27. The Morgan fingerprint density at radius 1 is 1.50 bits per heavy atom. The zero-order valence-electron chi connectivity index (χ0n) is 6.34. The Morgan fingerprint density at radius 3 is 2.50 bits per heavy atom. The fourth-order valence-electron chi connectivity index (χ4n) is 1.27. The van der Waals surface area contributed by atoms with Gasteiger partial charge >= 0.3 is 5.97 Å². The first kappa shape index (κ1) is 9.40. The molecular weight excluding hydrogens is 166 g/mol. The van der Waals surface area contributed by atoms with E-state index in [1.54, 1.807) is 0 Å². The predicted molar refractivity (Wildman–Crippen MR) is 36.0 cm³/mol. The predicted octanol–water partition coefficient (Wildman–Crippen LogP) is -1.19. The number of nitrogens with zero attached hydrogens (tertiary/aromatic N) is 1. The lowest BCUT2D eigenvalue weighted by Gasteiger charge is -2.38. The van der Waals surface area contributed by atoms with Crippen LogP contribution in [0.5, 0.6) is 0 Å². The van der Waals surface area contributed by atoms with Crippen LogP contribution in [-0.4, -0.2) is 44.0 Å². The van der Waals surface area contributed by atoms with E-state index in [0.717, 1.165) is 0 Å². The van der Waals surface area contributed by atoms with Crippen molar-refractivity contribution >= 4 is 5.97 Å². The summed E-state index contributed by atoms with van der Waals surface area (Å²) < 4.78 is 0. The first-order valence-electron chi connectivity index (χ1n) is 3.60. The quantitative estimate of drug-likeness (QED) is 0.376. The van der Waals surface area contributed by atoms with E-state index in [2.05, 4.69) is 0 Å². The van der Waals surface area contributed by atoms with Gasteiger partial charge in [-0.05, 0) is 12.8 Å². The van der Waals surface area contributed by atoms with Gasteiger partial charge in [0.2, 0.25) is 0 Å². The fraction of sp³-hybridized carbons (Fsp3) is 0.833. The number of aliphatic hydroxyl groups is 2. The topological polar surface area (TPSA) is 101 Å². The minimum Gasteiger partial charge on any atom is -0.481 e. The third-order valence-corrected chi connectivity index (χ3v) is 2.01. The van der Waals surface area contributed by atoms with Crippen molar-refractivity contribution in [3.05, 3.63) is 0 Å². The molecule has 1 heterocycles. The van der Waals surface area contributed by atoms with Crippen LogP contribution in [0.1, 0.15) is 12.8 Å². The average Bonchev–Trinajstić information content (AvgIpc) is 1.94. The number of hydrogen-bond donors (Lipinski definition) is 4. The van der Waals surface area contributed by atoms with Gasteiger partial charge in [0.25, 0.3) is 5.91 Å². The molecular formula is C6H11NO5. The number of hydroxylamine groups is 2. The maximum absolute atomic E-state index is 10.5. The highest BCUT2D eigenvalue weighted by molar-refractivity contribution is 5.71. The largest absolute Gasteiger partial charge is 0.481 e. The molecule has 6 heteroatoms. The van der Waals surface area contributed by atoms with E-state index in [0.29, 0.717) is 6.42 Å². The maximum Gasteiger partial charge on any atom is 0.313 e. The van der Waals surface area contributed by atoms with Crippen LogP contribution in [0.3, 0.4) is 0 Å². The molecule has 1 saturated heterocycles. The lowest BCUT2D eigenvalue weighted by Crippen LogP contribution is -2.58. The number of rotatable bonds is 1. The van der Waals surface area contributed by atoms with Crippen LogP contribution < -0.4 is 0 Å². The molecule has 1 aliphatic heterocycles. The molecule has 0 aromatic rings. The SMILES string of the molecule is O=C(O)C1CCCN(O)C1(O)O. The minimum atomic E-state index is -2.63. The number of carbonyl (C=O) groups is 1. The van der Waals surface area contributed by atoms with E-state index >= 15 is 0 Å². The standard InChI is InChI=1S/C6H11NO5/c8-5(9)4-2-1-3-7(12)6(4,10)11/h4,10-12H,1-3H2,(H,8,9). The first-order chi connectivity index (χ1) is 5.46. The van der Waals surface area contributed by atoms with Crippen LogP contribution in [0, 0.1) is 5.92 Å². The first-order valence-corrected chi connectivity index (χ1v) is 3.60. The summed E-state index contributed by atoms with van der Waals surface area (Å²) in [5, 5.41) is 36.0. The van der Waals surface area contributed by atoms with Crippen LogP contribution in [0.15, 0.2) is 0 Å². The Kier molecular flexibility index (Phi) is 2.34. The third-order valence-electron chi connectivity index (χ3n) is 2.01. The Labute approximate surface area is 68.6 Å². The smallest absolute Gasteiger partial charge is 0.313 e. The van der Waals surface area contributed by atoms with Gasteiger partial charge < -0.3 is 20.5 Å². The zero-order valence-corrected chi connectivity index (χ0v) is 6.34. The third kappa shape index (κ3) is 1.42. The van der Waals surface area contributed by atoms with Crippen molar-refractivity contribution in [2.24, 2.45) is 5.92 Å². The summed E-state index contributed by atoms with van der Waals surface area (Å²) >= 11 is 0. The van der Waals surface area contributed by atoms with Gasteiger partial charge in [0.05, 0.1) is 0 Å². The minimum absolute atomic E-state index is 0.0663. The molecule has 6 nitrogen and oxygen atoms in total. The molecule has 0 aliphatic carbocycles. The lowest BCUT2D eigenvalue weighted by atomic mass is 9.95. The molecule has 0 radical (unpaired) electrons. The van der Waals surface area contributed by atoms with E-state index in [1.165, 1.54) is 0 Å². The molecule has 1 atom stereocenters. The molecule has 1 rings (SSSR count). The number of hydrogen-bond acceptors (Lipinski definition) is 5. The highest BCUT2D eigenvalue weighted by atomic mass is 16.6. The summed E-state index contributed by atoms with van der Waals surface area (Å²) in [5.41, 5.74) is 0. The second kappa shape index (κ2) is 2.98. The van der Waals surface area contributed by atoms with Crippen LogP contribution in [0.4, 0.5) is 0 Å². The maximum atomic E-state index is 10.5. The van der Waals surface area contributed by atoms with Gasteiger partial charge in [-0.3, -0.25) is 4.79 Å². The summed E-state index contributed by atoms with van der Waals surface area (Å²) in [6.45, 7) is 0.0663. The Balaban J connectivity index is 2.79. The van der Waals surface area contributed by atoms with E-state index in [1.807, 2.05) is 0 Å². The van der Waals surface area contributed by atoms with Gasteiger partial charge in [0.15, 0.2) is 0 Å². The molecule has 1 fully saturated rings. The zero-order chi connectivity index (χ0) is 9.35. The monoisotopic (exact) mass is 177 g/mol. The molecule has 0 spiro atoms. The average molecular weight is 177 g/mol. The highest BCUT2D eigenvalue weighted by Crippen LogP contribution is 2.27. The summed E-state index contributed by atoms with van der Waals surface area (Å²) in [4.78, 5) is 10.5. The molecule has 12 heavy (non-hydrogen) atoms. The molecule has 0 saturated carbocycles. The molecule has 4 N–H and O–H groups in total. The lowest BCUT2D eigenvalue weighted by molar-refractivity contribution is -0.390. The van der Waals surface area contributed by atoms with Gasteiger partial charge in [-0.1, -0.05) is 0 Å². The molecule has 70 valence electrons. The van der Waals surface area contributed by atoms with Crippen molar-refractivity contribution in [1.82, 2.24) is 5.06 Å². The summed E-state index contributed by atoms with van der Waals surface area (Å²) in [7, 11) is 0. The summed E-state index contributed by atoms with van der Waals surface area (Å²) in [6, 6.07) is 0. The molecule has 0 bridgehead atoms. The normalized spacial score (nSPS) is 30.1. The molecule has 0 aromatic heterocycles. The van der Waals surface area contributed by atoms with Crippen LogP contribution >= 0.6 is 0 Å².